The number of methoxy groups -OCH3 is 1. The molecule has 0 spiro atoms. The van der Waals surface area contributed by atoms with Crippen LogP contribution in [0.4, 0.5) is 5.69 Å². The molecule has 0 heterocycles. The Kier molecular flexibility index (Phi) is 6.67. The number of ether oxygens (including phenoxy) is 1. The highest BCUT2D eigenvalue weighted by atomic mass is 28.3. The Morgan fingerprint density at radius 3 is 2.11 bits per heavy atom. The number of aliphatic imine (C=N–C) groups is 1. The monoisotopic (exact) mass is 373 g/mol. The van der Waals surface area contributed by atoms with Crippen LogP contribution in [-0.2, 0) is 0 Å². The van der Waals surface area contributed by atoms with Crippen molar-refractivity contribution < 1.29 is 4.74 Å². The number of benzene rings is 2. The zero-order valence-electron chi connectivity index (χ0n) is 17.1. The van der Waals surface area contributed by atoms with Gasteiger partial charge in [0.1, 0.15) is 13.8 Å². The van der Waals surface area contributed by atoms with Gasteiger partial charge in [-0.2, -0.15) is 0 Å². The summed E-state index contributed by atoms with van der Waals surface area (Å²) in [6, 6.07) is 17.5. The molecule has 0 bridgehead atoms. The van der Waals surface area contributed by atoms with Gasteiger partial charge in [-0.3, -0.25) is 0 Å². The lowest BCUT2D eigenvalue weighted by Crippen LogP contribution is -2.35. The van der Waals surface area contributed by atoms with Gasteiger partial charge in [-0.1, -0.05) is 58.0 Å². The van der Waals surface area contributed by atoms with E-state index in [9.17, 15) is 0 Å². The Morgan fingerprint density at radius 2 is 1.56 bits per heavy atom. The maximum absolute atomic E-state index is 5.21. The van der Waals surface area contributed by atoms with E-state index >= 15 is 0 Å². The Hall–Kier alpha value is -2.75. The van der Waals surface area contributed by atoms with Gasteiger partial charge in [-0.15, -0.1) is 5.54 Å². The largest absolute Gasteiger partial charge is 0.497 e. The van der Waals surface area contributed by atoms with Crippen LogP contribution in [0.25, 0.3) is 0 Å². The van der Waals surface area contributed by atoms with Gasteiger partial charge in [0.25, 0.3) is 0 Å². The lowest BCUT2D eigenvalue weighted by Gasteiger charge is -2.31. The summed E-state index contributed by atoms with van der Waals surface area (Å²) in [5.41, 5.74) is 5.87. The molecule has 138 valence electrons. The molecule has 0 unspecified atom stereocenters. The van der Waals surface area contributed by atoms with E-state index in [2.05, 4.69) is 62.2 Å². The Morgan fingerprint density at radius 1 is 0.926 bits per heavy atom. The van der Waals surface area contributed by atoms with E-state index in [0.29, 0.717) is 5.71 Å². The van der Waals surface area contributed by atoms with Crippen molar-refractivity contribution in [3.8, 4) is 29.1 Å². The van der Waals surface area contributed by atoms with Gasteiger partial charge in [-0.25, -0.2) is 4.99 Å². The Labute approximate surface area is 164 Å². The average Bonchev–Trinajstić information content (AvgIpc) is 2.64. The first-order valence-electron chi connectivity index (χ1n) is 9.04. The van der Waals surface area contributed by atoms with E-state index in [1.807, 2.05) is 54.6 Å². The second-order valence-electron chi connectivity index (χ2n) is 7.90. The molecule has 0 fully saturated rings. The molecule has 2 aromatic rings. The zero-order valence-corrected chi connectivity index (χ0v) is 18.1. The predicted octanol–water partition coefficient (Wildman–Crippen LogP) is 5.87. The van der Waals surface area contributed by atoms with Crippen LogP contribution in [0.15, 0.2) is 59.6 Å². The molecule has 0 N–H and O–H groups in total. The number of hydrogen-bond donors (Lipinski definition) is 0. The Balaban J connectivity index is 2.43. The maximum atomic E-state index is 5.21. The fourth-order valence-corrected chi connectivity index (χ4v) is 2.73. The van der Waals surface area contributed by atoms with E-state index in [1.54, 1.807) is 7.11 Å². The molecule has 0 atom stereocenters. The van der Waals surface area contributed by atoms with Crippen molar-refractivity contribution in [1.29, 1.82) is 0 Å². The normalized spacial score (nSPS) is 11.7. The molecule has 0 aliphatic heterocycles. The van der Waals surface area contributed by atoms with Crippen molar-refractivity contribution in [1.82, 2.24) is 0 Å². The first-order valence-corrected chi connectivity index (χ1v) is 12.0. The second-order valence-corrected chi connectivity index (χ2v) is 12.9. The van der Waals surface area contributed by atoms with Crippen LogP contribution in [0.3, 0.4) is 0 Å². The van der Waals surface area contributed by atoms with Crippen molar-refractivity contribution >= 4 is 19.5 Å². The third-order valence-corrected chi connectivity index (χ3v) is 9.28. The summed E-state index contributed by atoms with van der Waals surface area (Å²) in [6.45, 7) is 11.3. The van der Waals surface area contributed by atoms with Gasteiger partial charge >= 0.3 is 0 Å². The summed E-state index contributed by atoms with van der Waals surface area (Å²) >= 11 is 0. The van der Waals surface area contributed by atoms with E-state index in [0.717, 1.165) is 17.0 Å². The molecule has 0 aliphatic rings. The topological polar surface area (TPSA) is 21.6 Å². The molecule has 0 aromatic heterocycles. The first-order chi connectivity index (χ1) is 12.7. The van der Waals surface area contributed by atoms with Crippen LogP contribution in [-0.4, -0.2) is 20.9 Å². The maximum Gasteiger partial charge on any atom is 0.163 e. The fourth-order valence-electron chi connectivity index (χ4n) is 1.93. The van der Waals surface area contributed by atoms with Crippen LogP contribution in [0, 0.1) is 23.3 Å². The molecular weight excluding hydrogens is 346 g/mol. The summed E-state index contributed by atoms with van der Waals surface area (Å²) in [4.78, 5) is 4.67. The van der Waals surface area contributed by atoms with E-state index in [4.69, 9.17) is 4.74 Å². The third-order valence-electron chi connectivity index (χ3n) is 4.78. The predicted molar refractivity (Wildman–Crippen MR) is 118 cm³/mol. The lowest BCUT2D eigenvalue weighted by atomic mass is 10.2. The SMILES string of the molecule is COc1ccc(N=C(C#Cc2ccccc2)C#C[Si](C)(C)C(C)(C)C)cc1. The smallest absolute Gasteiger partial charge is 0.163 e. The quantitative estimate of drug-likeness (QED) is 0.366. The van der Waals surface area contributed by atoms with Gasteiger partial charge < -0.3 is 4.74 Å². The summed E-state index contributed by atoms with van der Waals surface area (Å²) in [6.07, 6.45) is 0. The summed E-state index contributed by atoms with van der Waals surface area (Å²) in [5, 5.41) is 0.193. The lowest BCUT2D eigenvalue weighted by molar-refractivity contribution is 0.415. The summed E-state index contributed by atoms with van der Waals surface area (Å²) < 4.78 is 5.21. The first kappa shape index (κ1) is 20.6. The third kappa shape index (κ3) is 6.17. The number of hydrogen-bond acceptors (Lipinski definition) is 2. The number of rotatable bonds is 2. The van der Waals surface area contributed by atoms with Crippen molar-refractivity contribution in [3.63, 3.8) is 0 Å². The molecule has 0 aliphatic carbocycles. The summed E-state index contributed by atoms with van der Waals surface area (Å²) in [7, 11) is -0.0851. The van der Waals surface area contributed by atoms with E-state index in [-0.39, 0.29) is 5.04 Å². The molecule has 27 heavy (non-hydrogen) atoms. The molecule has 2 aromatic carbocycles. The van der Waals surface area contributed by atoms with Crippen molar-refractivity contribution in [2.24, 2.45) is 4.99 Å². The van der Waals surface area contributed by atoms with E-state index in [1.165, 1.54) is 0 Å². The zero-order chi connectivity index (χ0) is 19.9. The summed E-state index contributed by atoms with van der Waals surface area (Å²) in [5.74, 6) is 10.4. The minimum Gasteiger partial charge on any atom is -0.497 e. The molecule has 0 saturated carbocycles. The molecule has 2 rings (SSSR count). The molecule has 3 heteroatoms. The highest BCUT2D eigenvalue weighted by molar-refractivity contribution is 6.87. The standard InChI is InChI=1S/C24H27NOSi/c1-24(2,3)27(5,6)19-18-22(13-12-20-10-8-7-9-11-20)25-21-14-16-23(26-4)17-15-21/h7-11,14-17H,1-6H3. The molecule has 2 nitrogen and oxygen atoms in total. The van der Waals surface area contributed by atoms with Crippen molar-refractivity contribution in [2.75, 3.05) is 7.11 Å². The minimum atomic E-state index is -1.74. The van der Waals surface area contributed by atoms with Crippen LogP contribution in [0.2, 0.25) is 18.1 Å². The van der Waals surface area contributed by atoms with Gasteiger partial charge in [0.2, 0.25) is 0 Å². The van der Waals surface area contributed by atoms with Gasteiger partial charge in [0.05, 0.1) is 12.8 Å². The van der Waals surface area contributed by atoms with Crippen LogP contribution < -0.4 is 4.74 Å². The highest BCUT2D eigenvalue weighted by Gasteiger charge is 2.33. The van der Waals surface area contributed by atoms with Crippen LogP contribution in [0.1, 0.15) is 26.3 Å². The average molecular weight is 374 g/mol. The molecular formula is C24H27NOSi. The molecule has 0 radical (unpaired) electrons. The highest BCUT2D eigenvalue weighted by Crippen LogP contribution is 2.35. The Bertz CT molecular complexity index is 912. The van der Waals surface area contributed by atoms with Crippen molar-refractivity contribution in [3.05, 3.63) is 60.2 Å². The fraction of sp³-hybridized carbons (Fsp3) is 0.292. The van der Waals surface area contributed by atoms with Gasteiger partial charge in [-0.05, 0) is 53.3 Å². The van der Waals surface area contributed by atoms with Crippen molar-refractivity contribution in [2.45, 2.75) is 38.9 Å². The van der Waals surface area contributed by atoms with Gasteiger partial charge in [0.15, 0.2) is 5.71 Å². The van der Waals surface area contributed by atoms with Crippen LogP contribution >= 0.6 is 0 Å². The van der Waals surface area contributed by atoms with E-state index < -0.39 is 8.07 Å². The molecule has 0 amide bonds. The minimum absolute atomic E-state index is 0.193. The van der Waals surface area contributed by atoms with Crippen LogP contribution in [0.5, 0.6) is 5.75 Å². The van der Waals surface area contributed by atoms with Gasteiger partial charge in [0, 0.05) is 5.56 Å². The second kappa shape index (κ2) is 8.76. The number of nitrogens with zero attached hydrogens (tertiary/aromatic N) is 1. The molecule has 0 saturated heterocycles.